The van der Waals surface area contributed by atoms with Crippen molar-refractivity contribution < 1.29 is 0 Å². The zero-order chi connectivity index (χ0) is 12.8. The zero-order valence-electron chi connectivity index (χ0n) is 9.80. The van der Waals surface area contributed by atoms with E-state index >= 15 is 0 Å². The molecule has 0 radical (unpaired) electrons. The van der Waals surface area contributed by atoms with E-state index in [1.54, 1.807) is 24.9 Å². The van der Waals surface area contributed by atoms with E-state index in [0.29, 0.717) is 0 Å². The van der Waals surface area contributed by atoms with Gasteiger partial charge in [0.25, 0.3) is 0 Å². The molecular weight excluding hydrogens is 314 g/mol. The van der Waals surface area contributed by atoms with Gasteiger partial charge in [0.2, 0.25) is 0 Å². The molecule has 2 heterocycles. The highest BCUT2D eigenvalue weighted by Gasteiger charge is 2.10. The van der Waals surface area contributed by atoms with E-state index in [-0.39, 0.29) is 0 Å². The predicted molar refractivity (Wildman–Crippen MR) is 74.7 cm³/mol. The van der Waals surface area contributed by atoms with Gasteiger partial charge in [-0.15, -0.1) is 0 Å². The molecule has 1 N–H and O–H groups in total. The highest BCUT2D eigenvalue weighted by molar-refractivity contribution is 9.10. The van der Waals surface area contributed by atoms with Gasteiger partial charge in [0, 0.05) is 18.9 Å². The lowest BCUT2D eigenvalue weighted by Crippen LogP contribution is -2.03. The Hall–Kier alpha value is -1.21. The maximum atomic E-state index is 4.24. The summed E-state index contributed by atoms with van der Waals surface area (Å²) in [6.07, 6.45) is 7.60. The molecule has 2 aromatic heterocycles. The minimum atomic E-state index is 0.804. The van der Waals surface area contributed by atoms with Crippen LogP contribution in [0.25, 0.3) is 0 Å². The van der Waals surface area contributed by atoms with Crippen LogP contribution in [0.5, 0.6) is 0 Å². The lowest BCUT2D eigenvalue weighted by Gasteiger charge is -2.08. The number of nitrogens with one attached hydrogen (secondary N) is 1. The largest absolute Gasteiger partial charge is 0.369 e. The van der Waals surface area contributed by atoms with Crippen LogP contribution < -0.4 is 5.32 Å². The minimum Gasteiger partial charge on any atom is -0.369 e. The van der Waals surface area contributed by atoms with Crippen molar-refractivity contribution in [3.63, 3.8) is 0 Å². The lowest BCUT2D eigenvalue weighted by molar-refractivity contribution is 0.944. The van der Waals surface area contributed by atoms with Crippen LogP contribution in [0.1, 0.15) is 13.3 Å². The normalized spacial score (nSPS) is 10.3. The number of rotatable bonds is 5. The second-order valence-corrected chi connectivity index (χ2v) is 5.22. The van der Waals surface area contributed by atoms with Crippen LogP contribution in [0.4, 0.5) is 5.82 Å². The monoisotopic (exact) mass is 325 g/mol. The Morgan fingerprint density at radius 2 is 2.17 bits per heavy atom. The van der Waals surface area contributed by atoms with E-state index in [1.807, 2.05) is 0 Å². The smallest absolute Gasteiger partial charge is 0.144 e. The number of aromatic nitrogens is 4. The fourth-order valence-electron chi connectivity index (χ4n) is 1.23. The molecule has 0 aliphatic heterocycles. The van der Waals surface area contributed by atoms with Gasteiger partial charge in [-0.05, 0) is 34.1 Å². The topological polar surface area (TPSA) is 63.6 Å². The lowest BCUT2D eigenvalue weighted by atomic mass is 10.4. The molecule has 94 valence electrons. The predicted octanol–water partition coefficient (Wildman–Crippen LogP) is 3.00. The molecule has 0 spiro atoms. The summed E-state index contributed by atoms with van der Waals surface area (Å²) >= 11 is 4.96. The van der Waals surface area contributed by atoms with Crippen molar-refractivity contribution in [2.24, 2.45) is 0 Å². The SMILES string of the molecule is CCCNc1ncnc(Sc2cnccn2)c1Br. The van der Waals surface area contributed by atoms with Gasteiger partial charge >= 0.3 is 0 Å². The third-order valence-electron chi connectivity index (χ3n) is 2.04. The highest BCUT2D eigenvalue weighted by Crippen LogP contribution is 2.33. The quantitative estimate of drug-likeness (QED) is 0.852. The molecule has 5 nitrogen and oxygen atoms in total. The van der Waals surface area contributed by atoms with E-state index in [9.17, 15) is 0 Å². The van der Waals surface area contributed by atoms with Gasteiger partial charge in [0.05, 0.1) is 10.7 Å². The molecular formula is C11H12BrN5S. The van der Waals surface area contributed by atoms with Crippen LogP contribution in [-0.2, 0) is 0 Å². The summed E-state index contributed by atoms with van der Waals surface area (Å²) in [6.45, 7) is 2.99. The highest BCUT2D eigenvalue weighted by atomic mass is 79.9. The van der Waals surface area contributed by atoms with E-state index in [0.717, 1.165) is 33.3 Å². The van der Waals surface area contributed by atoms with Crippen molar-refractivity contribution in [2.75, 3.05) is 11.9 Å². The second kappa shape index (κ2) is 6.65. The molecule has 0 aliphatic carbocycles. The number of hydrogen-bond acceptors (Lipinski definition) is 6. The van der Waals surface area contributed by atoms with Crippen LogP contribution >= 0.6 is 27.7 Å². The minimum absolute atomic E-state index is 0.804. The van der Waals surface area contributed by atoms with Gasteiger partial charge in [0.1, 0.15) is 22.2 Å². The van der Waals surface area contributed by atoms with Gasteiger partial charge in [0.15, 0.2) is 0 Å². The molecule has 2 aromatic rings. The Morgan fingerprint density at radius 1 is 1.28 bits per heavy atom. The zero-order valence-corrected chi connectivity index (χ0v) is 12.2. The summed E-state index contributed by atoms with van der Waals surface area (Å²) in [5, 5.41) is 4.87. The Morgan fingerprint density at radius 3 is 2.89 bits per heavy atom. The first kappa shape index (κ1) is 13.2. The number of nitrogens with zero attached hydrogens (tertiary/aromatic N) is 4. The summed E-state index contributed by atoms with van der Waals surface area (Å²) in [5.41, 5.74) is 0. The van der Waals surface area contributed by atoms with Crippen LogP contribution in [0.2, 0.25) is 0 Å². The molecule has 0 unspecified atom stereocenters. The van der Waals surface area contributed by atoms with Crippen molar-refractivity contribution >= 4 is 33.5 Å². The van der Waals surface area contributed by atoms with Crippen LogP contribution in [0.3, 0.4) is 0 Å². The summed E-state index contributed by atoms with van der Waals surface area (Å²) in [5.74, 6) is 0.804. The molecule has 7 heteroatoms. The first-order chi connectivity index (χ1) is 8.81. The van der Waals surface area contributed by atoms with Crippen molar-refractivity contribution in [3.05, 3.63) is 29.4 Å². The molecule has 18 heavy (non-hydrogen) atoms. The number of anilines is 1. The van der Waals surface area contributed by atoms with Gasteiger partial charge in [-0.25, -0.2) is 15.0 Å². The van der Waals surface area contributed by atoms with Crippen LogP contribution in [0, 0.1) is 0 Å². The summed E-state index contributed by atoms with van der Waals surface area (Å²) in [4.78, 5) is 16.7. The Balaban J connectivity index is 2.18. The van der Waals surface area contributed by atoms with E-state index in [1.165, 1.54) is 11.8 Å². The average Bonchev–Trinajstić information content (AvgIpc) is 2.41. The third-order valence-corrected chi connectivity index (χ3v) is 3.98. The summed E-state index contributed by atoms with van der Waals surface area (Å²) < 4.78 is 0.856. The molecule has 0 saturated carbocycles. The van der Waals surface area contributed by atoms with E-state index in [4.69, 9.17) is 0 Å². The van der Waals surface area contributed by atoms with Gasteiger partial charge < -0.3 is 5.32 Å². The van der Waals surface area contributed by atoms with Crippen LogP contribution in [0.15, 0.2) is 39.4 Å². The molecule has 0 atom stereocenters. The van der Waals surface area contributed by atoms with Crippen molar-refractivity contribution in [3.8, 4) is 0 Å². The Labute approximate surface area is 118 Å². The Bertz CT molecular complexity index is 508. The molecule has 0 fully saturated rings. The molecule has 0 bridgehead atoms. The average molecular weight is 326 g/mol. The van der Waals surface area contributed by atoms with Crippen molar-refractivity contribution in [2.45, 2.75) is 23.4 Å². The fourth-order valence-corrected chi connectivity index (χ4v) is 2.53. The maximum Gasteiger partial charge on any atom is 0.144 e. The van der Waals surface area contributed by atoms with Crippen LogP contribution in [-0.4, -0.2) is 26.5 Å². The van der Waals surface area contributed by atoms with E-state index < -0.39 is 0 Å². The first-order valence-corrected chi connectivity index (χ1v) is 7.10. The molecule has 2 rings (SSSR count). The molecule has 0 aliphatic rings. The second-order valence-electron chi connectivity index (χ2n) is 3.41. The summed E-state index contributed by atoms with van der Waals surface area (Å²) in [6, 6.07) is 0. The molecule has 0 saturated heterocycles. The Kier molecular flexibility index (Phi) is 4.89. The van der Waals surface area contributed by atoms with Crippen molar-refractivity contribution in [1.29, 1.82) is 0 Å². The molecule has 0 aromatic carbocycles. The van der Waals surface area contributed by atoms with E-state index in [2.05, 4.69) is 48.1 Å². The maximum absolute atomic E-state index is 4.24. The van der Waals surface area contributed by atoms with Gasteiger partial charge in [-0.2, -0.15) is 0 Å². The van der Waals surface area contributed by atoms with Gasteiger partial charge in [-0.3, -0.25) is 4.98 Å². The number of halogens is 1. The standard InChI is InChI=1S/C11H12BrN5S/c1-2-3-15-10-9(12)11(17-7-16-10)18-8-6-13-4-5-14-8/h4-7H,2-3H2,1H3,(H,15,16,17). The van der Waals surface area contributed by atoms with Gasteiger partial charge in [-0.1, -0.05) is 6.92 Å². The number of hydrogen-bond donors (Lipinski definition) is 1. The van der Waals surface area contributed by atoms with Crippen molar-refractivity contribution in [1.82, 2.24) is 19.9 Å². The fraction of sp³-hybridized carbons (Fsp3) is 0.273. The first-order valence-electron chi connectivity index (χ1n) is 5.49. The molecule has 0 amide bonds. The third kappa shape index (κ3) is 3.39. The summed E-state index contributed by atoms with van der Waals surface area (Å²) in [7, 11) is 0.